The van der Waals surface area contributed by atoms with E-state index >= 15 is 0 Å². The van der Waals surface area contributed by atoms with Crippen molar-refractivity contribution < 1.29 is 19.4 Å². The van der Waals surface area contributed by atoms with E-state index in [1.54, 1.807) is 4.90 Å². The first-order valence-electron chi connectivity index (χ1n) is 7.14. The number of hydrogen-bond acceptors (Lipinski definition) is 3. The minimum atomic E-state index is -0.899. The van der Waals surface area contributed by atoms with Crippen molar-refractivity contribution in [2.75, 3.05) is 18.0 Å². The summed E-state index contributed by atoms with van der Waals surface area (Å²) < 4.78 is 5.41. The Morgan fingerprint density at radius 2 is 1.95 bits per heavy atom. The van der Waals surface area contributed by atoms with Gasteiger partial charge in [-0.2, -0.15) is 0 Å². The third kappa shape index (κ3) is 2.41. The van der Waals surface area contributed by atoms with Gasteiger partial charge in [-0.3, -0.25) is 4.90 Å². The van der Waals surface area contributed by atoms with E-state index in [0.717, 1.165) is 11.3 Å². The Kier molecular flexibility index (Phi) is 3.45. The number of carbonyl (C=O) groups is 2. The first-order chi connectivity index (χ1) is 10.1. The molecule has 2 heterocycles. The van der Waals surface area contributed by atoms with Crippen molar-refractivity contribution in [3.63, 3.8) is 0 Å². The maximum atomic E-state index is 12.3. The SMILES string of the molecule is CC1OC(=O)N(C2CCN(C(=O)O)CC2)c2ccccc21. The first-order valence-corrected chi connectivity index (χ1v) is 7.14. The summed E-state index contributed by atoms with van der Waals surface area (Å²) in [6.07, 6.45) is -0.225. The number of anilines is 1. The first kappa shape index (κ1) is 13.7. The molecule has 0 radical (unpaired) electrons. The highest BCUT2D eigenvalue weighted by Gasteiger charge is 2.37. The van der Waals surface area contributed by atoms with Crippen LogP contribution in [0.5, 0.6) is 0 Å². The van der Waals surface area contributed by atoms with Crippen molar-refractivity contribution in [2.24, 2.45) is 0 Å². The minimum Gasteiger partial charge on any atom is -0.465 e. The van der Waals surface area contributed by atoms with Crippen molar-refractivity contribution in [1.29, 1.82) is 0 Å². The van der Waals surface area contributed by atoms with Crippen LogP contribution >= 0.6 is 0 Å². The highest BCUT2D eigenvalue weighted by atomic mass is 16.6. The number of cyclic esters (lactones) is 1. The summed E-state index contributed by atoms with van der Waals surface area (Å²) >= 11 is 0. The highest BCUT2D eigenvalue weighted by molar-refractivity contribution is 5.91. The molecule has 1 unspecified atom stereocenters. The van der Waals surface area contributed by atoms with E-state index in [-0.39, 0.29) is 18.2 Å². The van der Waals surface area contributed by atoms with Gasteiger partial charge in [0.1, 0.15) is 6.10 Å². The van der Waals surface area contributed by atoms with Crippen molar-refractivity contribution in [3.8, 4) is 0 Å². The molecule has 0 saturated carbocycles. The number of carboxylic acid groups (broad SMARTS) is 1. The zero-order valence-corrected chi connectivity index (χ0v) is 11.9. The molecular formula is C15H18N2O4. The molecule has 0 spiro atoms. The van der Waals surface area contributed by atoms with Gasteiger partial charge < -0.3 is 14.7 Å². The van der Waals surface area contributed by atoms with Gasteiger partial charge in [-0.05, 0) is 25.8 Å². The lowest BCUT2D eigenvalue weighted by molar-refractivity contribution is 0.0994. The number of amides is 2. The van der Waals surface area contributed by atoms with Gasteiger partial charge >= 0.3 is 12.2 Å². The summed E-state index contributed by atoms with van der Waals surface area (Å²) in [6, 6.07) is 7.71. The third-order valence-corrected chi connectivity index (χ3v) is 4.21. The van der Waals surface area contributed by atoms with Crippen LogP contribution in [0.4, 0.5) is 15.3 Å². The van der Waals surface area contributed by atoms with Crippen LogP contribution in [0.2, 0.25) is 0 Å². The Bertz CT molecular complexity index is 567. The van der Waals surface area contributed by atoms with Crippen LogP contribution in [0.15, 0.2) is 24.3 Å². The average Bonchev–Trinajstić information content (AvgIpc) is 2.48. The molecule has 6 heteroatoms. The molecule has 2 aliphatic rings. The van der Waals surface area contributed by atoms with Crippen molar-refractivity contribution in [1.82, 2.24) is 4.90 Å². The van der Waals surface area contributed by atoms with Gasteiger partial charge in [0.2, 0.25) is 0 Å². The lowest BCUT2D eigenvalue weighted by Crippen LogP contribution is -2.50. The van der Waals surface area contributed by atoms with E-state index in [0.29, 0.717) is 25.9 Å². The van der Waals surface area contributed by atoms with Crippen LogP contribution in [0.25, 0.3) is 0 Å². The van der Waals surface area contributed by atoms with Gasteiger partial charge in [-0.25, -0.2) is 9.59 Å². The van der Waals surface area contributed by atoms with Crippen LogP contribution < -0.4 is 4.90 Å². The molecule has 21 heavy (non-hydrogen) atoms. The number of rotatable bonds is 1. The molecule has 1 fully saturated rings. The zero-order chi connectivity index (χ0) is 15.0. The quantitative estimate of drug-likeness (QED) is 0.863. The number of piperidine rings is 1. The standard InChI is InChI=1S/C15H18N2O4/c1-10-12-4-2-3-5-13(12)17(15(20)21-10)11-6-8-16(9-7-11)14(18)19/h2-5,10-11H,6-9H2,1H3,(H,18,19). The summed E-state index contributed by atoms with van der Waals surface area (Å²) in [6.45, 7) is 2.75. The molecule has 1 aromatic rings. The second-order valence-corrected chi connectivity index (χ2v) is 5.46. The van der Waals surface area contributed by atoms with Gasteiger partial charge in [0, 0.05) is 24.7 Å². The second kappa shape index (κ2) is 5.27. The fraction of sp³-hybridized carbons (Fsp3) is 0.467. The Morgan fingerprint density at radius 1 is 1.29 bits per heavy atom. The molecular weight excluding hydrogens is 272 g/mol. The van der Waals surface area contributed by atoms with Gasteiger partial charge in [0.05, 0.1) is 5.69 Å². The summed E-state index contributed by atoms with van der Waals surface area (Å²) in [5.41, 5.74) is 1.88. The molecule has 0 aliphatic carbocycles. The number of carbonyl (C=O) groups excluding carboxylic acids is 1. The van der Waals surface area contributed by atoms with Crippen molar-refractivity contribution in [2.45, 2.75) is 31.9 Å². The topological polar surface area (TPSA) is 70.1 Å². The maximum Gasteiger partial charge on any atom is 0.415 e. The van der Waals surface area contributed by atoms with Gasteiger partial charge in [0.15, 0.2) is 0 Å². The summed E-state index contributed by atoms with van der Waals surface area (Å²) in [4.78, 5) is 26.3. The van der Waals surface area contributed by atoms with E-state index in [1.807, 2.05) is 31.2 Å². The summed E-state index contributed by atoms with van der Waals surface area (Å²) in [5.74, 6) is 0. The summed E-state index contributed by atoms with van der Waals surface area (Å²) in [7, 11) is 0. The molecule has 0 bridgehead atoms. The molecule has 1 N–H and O–H groups in total. The third-order valence-electron chi connectivity index (χ3n) is 4.21. The van der Waals surface area contributed by atoms with E-state index < -0.39 is 6.09 Å². The van der Waals surface area contributed by atoms with E-state index in [4.69, 9.17) is 9.84 Å². The number of nitrogens with zero attached hydrogens (tertiary/aromatic N) is 2. The van der Waals surface area contributed by atoms with Crippen LogP contribution in [-0.2, 0) is 4.74 Å². The van der Waals surface area contributed by atoms with E-state index in [9.17, 15) is 9.59 Å². The molecule has 0 aromatic heterocycles. The van der Waals surface area contributed by atoms with Gasteiger partial charge in [-0.1, -0.05) is 18.2 Å². The van der Waals surface area contributed by atoms with Crippen LogP contribution in [0, 0.1) is 0 Å². The normalized spacial score (nSPS) is 22.7. The highest BCUT2D eigenvalue weighted by Crippen LogP contribution is 2.37. The van der Waals surface area contributed by atoms with Crippen LogP contribution in [-0.4, -0.2) is 41.3 Å². The van der Waals surface area contributed by atoms with Gasteiger partial charge in [-0.15, -0.1) is 0 Å². The Morgan fingerprint density at radius 3 is 2.62 bits per heavy atom. The molecule has 1 atom stereocenters. The predicted octanol–water partition coefficient (Wildman–Crippen LogP) is 2.85. The van der Waals surface area contributed by atoms with Crippen LogP contribution in [0.1, 0.15) is 31.4 Å². The fourth-order valence-corrected chi connectivity index (χ4v) is 3.08. The summed E-state index contributed by atoms with van der Waals surface area (Å²) in [5, 5.41) is 9.00. The van der Waals surface area contributed by atoms with E-state index in [2.05, 4.69) is 0 Å². The molecule has 2 aliphatic heterocycles. The zero-order valence-electron chi connectivity index (χ0n) is 11.9. The van der Waals surface area contributed by atoms with Crippen molar-refractivity contribution in [3.05, 3.63) is 29.8 Å². The Labute approximate surface area is 122 Å². The maximum absolute atomic E-state index is 12.3. The van der Waals surface area contributed by atoms with Gasteiger partial charge in [0.25, 0.3) is 0 Å². The number of hydrogen-bond donors (Lipinski definition) is 1. The number of benzene rings is 1. The monoisotopic (exact) mass is 290 g/mol. The van der Waals surface area contributed by atoms with E-state index in [1.165, 1.54) is 4.90 Å². The lowest BCUT2D eigenvalue weighted by Gasteiger charge is -2.40. The lowest BCUT2D eigenvalue weighted by atomic mass is 9.99. The smallest absolute Gasteiger partial charge is 0.415 e. The van der Waals surface area contributed by atoms with Crippen LogP contribution in [0.3, 0.4) is 0 Å². The molecule has 3 rings (SSSR count). The predicted molar refractivity (Wildman–Crippen MR) is 76.4 cm³/mol. The number of fused-ring (bicyclic) bond motifs is 1. The van der Waals surface area contributed by atoms with Crippen molar-refractivity contribution >= 4 is 17.9 Å². The minimum absolute atomic E-state index is 0.0123. The molecule has 112 valence electrons. The largest absolute Gasteiger partial charge is 0.465 e. The molecule has 1 aromatic carbocycles. The number of ether oxygens (including phenoxy) is 1. The average molecular weight is 290 g/mol. The second-order valence-electron chi connectivity index (χ2n) is 5.46. The Balaban J connectivity index is 1.84. The number of para-hydroxylation sites is 1. The molecule has 1 saturated heterocycles. The molecule has 2 amide bonds. The molecule has 6 nitrogen and oxygen atoms in total. The fourth-order valence-electron chi connectivity index (χ4n) is 3.08. The Hall–Kier alpha value is -2.24. The number of likely N-dealkylation sites (tertiary alicyclic amines) is 1.